The molecule has 3 rings (SSSR count). The van der Waals surface area contributed by atoms with Crippen molar-refractivity contribution in [2.24, 2.45) is 5.92 Å². The van der Waals surface area contributed by atoms with E-state index in [1.165, 1.54) is 5.56 Å². The number of carbonyl (C=O) groups excluding carboxylic acids is 2. The minimum atomic E-state index is -0.0792. The SMILES string of the molecule is COc1ccc(NC(=O)C2CCN(C(=O)c3ccc(C(C)(C)C)cc3)CC2)cc1. The number of hydrogen-bond donors (Lipinski definition) is 1. The van der Waals surface area contributed by atoms with Crippen molar-refractivity contribution >= 4 is 17.5 Å². The van der Waals surface area contributed by atoms with Gasteiger partial charge in [-0.15, -0.1) is 0 Å². The van der Waals surface area contributed by atoms with Crippen molar-refractivity contribution in [3.05, 3.63) is 59.7 Å². The second kappa shape index (κ2) is 8.68. The number of likely N-dealkylation sites (tertiary alicyclic amines) is 1. The van der Waals surface area contributed by atoms with E-state index in [1.54, 1.807) is 7.11 Å². The molecule has 0 unspecified atom stereocenters. The summed E-state index contributed by atoms with van der Waals surface area (Å²) in [5.74, 6) is 0.728. The Bertz CT molecular complexity index is 843. The van der Waals surface area contributed by atoms with Gasteiger partial charge in [0.05, 0.1) is 7.11 Å². The molecule has 5 heteroatoms. The van der Waals surface area contributed by atoms with E-state index < -0.39 is 0 Å². The van der Waals surface area contributed by atoms with Crippen LogP contribution in [0.4, 0.5) is 5.69 Å². The summed E-state index contributed by atoms with van der Waals surface area (Å²) in [6.07, 6.45) is 1.35. The average Bonchev–Trinajstić information content (AvgIpc) is 2.73. The Morgan fingerprint density at radius 3 is 2.07 bits per heavy atom. The molecule has 154 valence electrons. The monoisotopic (exact) mass is 394 g/mol. The molecule has 1 heterocycles. The van der Waals surface area contributed by atoms with Gasteiger partial charge in [-0.2, -0.15) is 0 Å². The van der Waals surface area contributed by atoms with E-state index in [0.29, 0.717) is 31.5 Å². The topological polar surface area (TPSA) is 58.6 Å². The summed E-state index contributed by atoms with van der Waals surface area (Å²) in [7, 11) is 1.61. The van der Waals surface area contributed by atoms with Gasteiger partial charge in [0, 0.05) is 30.3 Å². The minimum Gasteiger partial charge on any atom is -0.497 e. The summed E-state index contributed by atoms with van der Waals surface area (Å²) in [6.45, 7) is 7.67. The van der Waals surface area contributed by atoms with Crippen LogP contribution in [0.25, 0.3) is 0 Å². The second-order valence-corrected chi connectivity index (χ2v) is 8.61. The number of nitrogens with one attached hydrogen (secondary N) is 1. The molecule has 1 fully saturated rings. The van der Waals surface area contributed by atoms with Crippen LogP contribution >= 0.6 is 0 Å². The first kappa shape index (κ1) is 20.9. The summed E-state index contributed by atoms with van der Waals surface area (Å²) < 4.78 is 5.13. The standard InChI is InChI=1S/C24H30N2O3/c1-24(2,3)19-7-5-18(6-8-19)23(28)26-15-13-17(14-16-26)22(27)25-20-9-11-21(29-4)12-10-20/h5-12,17H,13-16H2,1-4H3,(H,25,27). The molecule has 1 aliphatic rings. The predicted molar refractivity (Wildman–Crippen MR) is 115 cm³/mol. The Kier molecular flexibility index (Phi) is 6.26. The molecule has 29 heavy (non-hydrogen) atoms. The van der Waals surface area contributed by atoms with Crippen molar-refractivity contribution in [2.45, 2.75) is 39.0 Å². The first-order valence-electron chi connectivity index (χ1n) is 10.1. The number of rotatable bonds is 4. The lowest BCUT2D eigenvalue weighted by atomic mass is 9.86. The zero-order valence-electron chi connectivity index (χ0n) is 17.7. The lowest BCUT2D eigenvalue weighted by Crippen LogP contribution is -2.41. The summed E-state index contributed by atoms with van der Waals surface area (Å²) in [6, 6.07) is 15.2. The highest BCUT2D eigenvalue weighted by Crippen LogP contribution is 2.24. The maximum Gasteiger partial charge on any atom is 0.253 e. The van der Waals surface area contributed by atoms with E-state index in [2.05, 4.69) is 26.1 Å². The predicted octanol–water partition coefficient (Wildman–Crippen LogP) is 4.48. The van der Waals surface area contributed by atoms with Crippen LogP contribution in [0, 0.1) is 5.92 Å². The van der Waals surface area contributed by atoms with Crippen LogP contribution < -0.4 is 10.1 Å². The van der Waals surface area contributed by atoms with Crippen molar-refractivity contribution in [3.63, 3.8) is 0 Å². The molecular formula is C24H30N2O3. The smallest absolute Gasteiger partial charge is 0.253 e. The fourth-order valence-electron chi connectivity index (χ4n) is 3.56. The Morgan fingerprint density at radius 2 is 1.55 bits per heavy atom. The number of methoxy groups -OCH3 is 1. The Labute approximate surface area is 173 Å². The highest BCUT2D eigenvalue weighted by molar-refractivity contribution is 5.95. The highest BCUT2D eigenvalue weighted by atomic mass is 16.5. The molecule has 0 aromatic heterocycles. The van der Waals surface area contributed by atoms with Crippen molar-refractivity contribution in [3.8, 4) is 5.75 Å². The lowest BCUT2D eigenvalue weighted by Gasteiger charge is -2.31. The maximum absolute atomic E-state index is 12.8. The van der Waals surface area contributed by atoms with Gasteiger partial charge in [-0.25, -0.2) is 0 Å². The van der Waals surface area contributed by atoms with Gasteiger partial charge in [-0.05, 0) is 60.2 Å². The fourth-order valence-corrected chi connectivity index (χ4v) is 3.56. The fraction of sp³-hybridized carbons (Fsp3) is 0.417. The van der Waals surface area contributed by atoms with E-state index in [0.717, 1.165) is 11.4 Å². The number of hydrogen-bond acceptors (Lipinski definition) is 3. The van der Waals surface area contributed by atoms with Crippen LogP contribution in [0.2, 0.25) is 0 Å². The molecule has 0 saturated carbocycles. The number of nitrogens with zero attached hydrogens (tertiary/aromatic N) is 1. The van der Waals surface area contributed by atoms with Gasteiger partial charge < -0.3 is 15.0 Å². The number of piperidine rings is 1. The van der Waals surface area contributed by atoms with Gasteiger partial charge in [-0.1, -0.05) is 32.9 Å². The molecule has 1 N–H and O–H groups in total. The van der Waals surface area contributed by atoms with E-state index in [-0.39, 0.29) is 23.1 Å². The number of carbonyl (C=O) groups is 2. The minimum absolute atomic E-state index is 0.0109. The molecule has 5 nitrogen and oxygen atoms in total. The average molecular weight is 395 g/mol. The van der Waals surface area contributed by atoms with Gasteiger partial charge >= 0.3 is 0 Å². The third-order valence-electron chi connectivity index (χ3n) is 5.51. The zero-order valence-corrected chi connectivity index (χ0v) is 17.7. The van der Waals surface area contributed by atoms with Crippen molar-refractivity contribution in [1.29, 1.82) is 0 Å². The molecule has 1 aliphatic heterocycles. The van der Waals surface area contributed by atoms with Crippen LogP contribution in [-0.4, -0.2) is 36.9 Å². The molecular weight excluding hydrogens is 364 g/mol. The largest absolute Gasteiger partial charge is 0.497 e. The normalized spacial score (nSPS) is 15.1. The number of anilines is 1. The van der Waals surface area contributed by atoms with Crippen molar-refractivity contribution in [1.82, 2.24) is 4.90 Å². The van der Waals surface area contributed by atoms with Gasteiger partial charge in [0.2, 0.25) is 5.91 Å². The van der Waals surface area contributed by atoms with Gasteiger partial charge in [0.15, 0.2) is 0 Å². The van der Waals surface area contributed by atoms with Crippen molar-refractivity contribution < 1.29 is 14.3 Å². The Morgan fingerprint density at radius 1 is 0.966 bits per heavy atom. The first-order chi connectivity index (χ1) is 13.8. The summed E-state index contributed by atoms with van der Waals surface area (Å²) in [5, 5.41) is 2.96. The second-order valence-electron chi connectivity index (χ2n) is 8.61. The van der Waals surface area contributed by atoms with E-state index in [4.69, 9.17) is 4.74 Å². The molecule has 0 spiro atoms. The van der Waals surface area contributed by atoms with E-state index >= 15 is 0 Å². The zero-order chi connectivity index (χ0) is 21.0. The molecule has 0 bridgehead atoms. The van der Waals surface area contributed by atoms with Crippen LogP contribution in [0.15, 0.2) is 48.5 Å². The first-order valence-corrected chi connectivity index (χ1v) is 10.1. The third-order valence-corrected chi connectivity index (χ3v) is 5.51. The highest BCUT2D eigenvalue weighted by Gasteiger charge is 2.28. The molecule has 0 aliphatic carbocycles. The number of ether oxygens (including phenoxy) is 1. The van der Waals surface area contributed by atoms with Crippen LogP contribution in [0.5, 0.6) is 5.75 Å². The van der Waals surface area contributed by atoms with Gasteiger partial charge in [0.25, 0.3) is 5.91 Å². The van der Waals surface area contributed by atoms with Gasteiger partial charge in [0.1, 0.15) is 5.75 Å². The molecule has 2 amide bonds. The molecule has 1 saturated heterocycles. The summed E-state index contributed by atoms with van der Waals surface area (Å²) >= 11 is 0. The lowest BCUT2D eigenvalue weighted by molar-refractivity contribution is -0.121. The summed E-state index contributed by atoms with van der Waals surface area (Å²) in [4.78, 5) is 27.2. The molecule has 0 radical (unpaired) electrons. The number of amides is 2. The summed E-state index contributed by atoms with van der Waals surface area (Å²) in [5.41, 5.74) is 2.74. The van der Waals surface area contributed by atoms with Crippen LogP contribution in [0.3, 0.4) is 0 Å². The van der Waals surface area contributed by atoms with E-state index in [9.17, 15) is 9.59 Å². The third kappa shape index (κ3) is 5.17. The Balaban J connectivity index is 1.54. The van der Waals surface area contributed by atoms with E-state index in [1.807, 2.05) is 53.4 Å². The quantitative estimate of drug-likeness (QED) is 0.832. The maximum atomic E-state index is 12.8. The molecule has 0 atom stereocenters. The van der Waals surface area contributed by atoms with Gasteiger partial charge in [-0.3, -0.25) is 9.59 Å². The Hall–Kier alpha value is -2.82. The van der Waals surface area contributed by atoms with Crippen molar-refractivity contribution in [2.75, 3.05) is 25.5 Å². The molecule has 2 aromatic carbocycles. The van der Waals surface area contributed by atoms with Crippen LogP contribution in [0.1, 0.15) is 49.5 Å². The molecule has 2 aromatic rings. The number of benzene rings is 2. The van der Waals surface area contributed by atoms with Crippen LogP contribution in [-0.2, 0) is 10.2 Å².